The summed E-state index contributed by atoms with van der Waals surface area (Å²) < 4.78 is 0. The van der Waals surface area contributed by atoms with Gasteiger partial charge in [-0.05, 0) is 62.7 Å². The Morgan fingerprint density at radius 1 is 1.22 bits per heavy atom. The summed E-state index contributed by atoms with van der Waals surface area (Å²) >= 11 is 1.89. The van der Waals surface area contributed by atoms with Crippen molar-refractivity contribution in [3.8, 4) is 0 Å². The van der Waals surface area contributed by atoms with Gasteiger partial charge in [0.1, 0.15) is 0 Å². The van der Waals surface area contributed by atoms with Crippen molar-refractivity contribution in [2.75, 3.05) is 25.9 Å². The van der Waals surface area contributed by atoms with Gasteiger partial charge in [-0.3, -0.25) is 0 Å². The first kappa shape index (κ1) is 14.0. The molecule has 18 heavy (non-hydrogen) atoms. The number of nitrogens with zero attached hydrogens (tertiary/aromatic N) is 1. The Kier molecular flexibility index (Phi) is 5.58. The van der Waals surface area contributed by atoms with E-state index in [4.69, 9.17) is 0 Å². The zero-order valence-electron chi connectivity index (χ0n) is 11.7. The van der Waals surface area contributed by atoms with E-state index in [-0.39, 0.29) is 0 Å². The molecular formula is C16H25NS. The molecule has 0 N–H and O–H groups in total. The molecule has 0 atom stereocenters. The maximum Gasteiger partial charge on any atom is 0.0104 e. The van der Waals surface area contributed by atoms with Crippen molar-refractivity contribution in [1.29, 1.82) is 0 Å². The van der Waals surface area contributed by atoms with Gasteiger partial charge in [0.25, 0.3) is 0 Å². The average molecular weight is 263 g/mol. The van der Waals surface area contributed by atoms with Crippen LogP contribution < -0.4 is 0 Å². The van der Waals surface area contributed by atoms with Gasteiger partial charge in [0.05, 0.1) is 0 Å². The molecule has 100 valence electrons. The lowest BCUT2D eigenvalue weighted by molar-refractivity contribution is 0.209. The number of benzene rings is 1. The Hall–Kier alpha value is -0.470. The highest BCUT2D eigenvalue weighted by Gasteiger charge is 2.21. The topological polar surface area (TPSA) is 3.24 Å². The molecule has 1 fully saturated rings. The summed E-state index contributed by atoms with van der Waals surface area (Å²) in [5, 5.41) is 0. The molecule has 1 aliphatic heterocycles. The van der Waals surface area contributed by atoms with Crippen LogP contribution in [0.25, 0.3) is 0 Å². The molecule has 2 rings (SSSR count). The van der Waals surface area contributed by atoms with Crippen molar-refractivity contribution < 1.29 is 0 Å². The summed E-state index contributed by atoms with van der Waals surface area (Å²) in [4.78, 5) is 4.12. The minimum absolute atomic E-state index is 0.784. The SMILES string of the molecule is CCCCN1CCC(c2ccccc2SC)CC1. The van der Waals surface area contributed by atoms with E-state index in [9.17, 15) is 0 Å². The Labute approximate surface area is 116 Å². The maximum atomic E-state index is 2.64. The Bertz CT molecular complexity index is 356. The van der Waals surface area contributed by atoms with E-state index in [0.717, 1.165) is 5.92 Å². The zero-order valence-corrected chi connectivity index (χ0v) is 12.5. The quantitative estimate of drug-likeness (QED) is 0.725. The molecule has 1 aromatic rings. The summed E-state index contributed by atoms with van der Waals surface area (Å²) in [5.41, 5.74) is 1.58. The minimum Gasteiger partial charge on any atom is -0.303 e. The number of rotatable bonds is 5. The fourth-order valence-electron chi connectivity index (χ4n) is 2.85. The van der Waals surface area contributed by atoms with E-state index in [1.165, 1.54) is 50.2 Å². The Morgan fingerprint density at radius 2 is 1.94 bits per heavy atom. The van der Waals surface area contributed by atoms with Crippen molar-refractivity contribution >= 4 is 11.8 Å². The summed E-state index contributed by atoms with van der Waals surface area (Å²) in [7, 11) is 0. The van der Waals surface area contributed by atoms with E-state index in [1.807, 2.05) is 11.8 Å². The zero-order chi connectivity index (χ0) is 12.8. The largest absolute Gasteiger partial charge is 0.303 e. The molecule has 0 unspecified atom stereocenters. The highest BCUT2D eigenvalue weighted by molar-refractivity contribution is 7.98. The highest BCUT2D eigenvalue weighted by atomic mass is 32.2. The van der Waals surface area contributed by atoms with Gasteiger partial charge in [-0.25, -0.2) is 0 Å². The van der Waals surface area contributed by atoms with Crippen LogP contribution in [0.1, 0.15) is 44.1 Å². The van der Waals surface area contributed by atoms with E-state index in [1.54, 1.807) is 5.56 Å². The van der Waals surface area contributed by atoms with Crippen LogP contribution in [0.3, 0.4) is 0 Å². The lowest BCUT2D eigenvalue weighted by Crippen LogP contribution is -2.33. The van der Waals surface area contributed by atoms with Crippen LogP contribution in [-0.4, -0.2) is 30.8 Å². The molecular weight excluding hydrogens is 238 g/mol. The van der Waals surface area contributed by atoms with Crippen LogP contribution in [0.15, 0.2) is 29.2 Å². The maximum absolute atomic E-state index is 2.64. The van der Waals surface area contributed by atoms with Crippen molar-refractivity contribution in [2.45, 2.75) is 43.4 Å². The lowest BCUT2D eigenvalue weighted by Gasteiger charge is -2.32. The fourth-order valence-corrected chi connectivity index (χ4v) is 3.54. The summed E-state index contributed by atoms with van der Waals surface area (Å²) in [5.74, 6) is 0.784. The number of thioether (sulfide) groups is 1. The Morgan fingerprint density at radius 3 is 2.61 bits per heavy atom. The first-order valence-electron chi connectivity index (χ1n) is 7.20. The van der Waals surface area contributed by atoms with Gasteiger partial charge < -0.3 is 4.90 Å². The molecule has 0 amide bonds. The third-order valence-electron chi connectivity index (χ3n) is 3.99. The van der Waals surface area contributed by atoms with E-state index in [2.05, 4.69) is 42.3 Å². The second kappa shape index (κ2) is 7.20. The summed E-state index contributed by atoms with van der Waals surface area (Å²) in [6.07, 6.45) is 7.53. The second-order valence-corrected chi connectivity index (χ2v) is 6.06. The molecule has 1 aliphatic rings. The third-order valence-corrected chi connectivity index (χ3v) is 4.81. The van der Waals surface area contributed by atoms with E-state index in [0.29, 0.717) is 0 Å². The lowest BCUT2D eigenvalue weighted by atomic mass is 9.89. The summed E-state index contributed by atoms with van der Waals surface area (Å²) in [6, 6.07) is 8.95. The minimum atomic E-state index is 0.784. The third kappa shape index (κ3) is 3.52. The van der Waals surface area contributed by atoms with Gasteiger partial charge in [0.15, 0.2) is 0 Å². The van der Waals surface area contributed by atoms with Crippen molar-refractivity contribution in [3.05, 3.63) is 29.8 Å². The normalized spacial score (nSPS) is 18.1. The number of hydrogen-bond donors (Lipinski definition) is 0. The van der Waals surface area contributed by atoms with E-state index < -0.39 is 0 Å². The molecule has 0 aliphatic carbocycles. The smallest absolute Gasteiger partial charge is 0.0104 e. The van der Waals surface area contributed by atoms with Crippen LogP contribution >= 0.6 is 11.8 Å². The molecule has 1 nitrogen and oxygen atoms in total. The first-order chi connectivity index (χ1) is 8.85. The number of likely N-dealkylation sites (tertiary alicyclic amines) is 1. The summed E-state index contributed by atoms with van der Waals surface area (Å²) in [6.45, 7) is 6.15. The second-order valence-electron chi connectivity index (χ2n) is 5.21. The van der Waals surface area contributed by atoms with Crippen LogP contribution in [0, 0.1) is 0 Å². The standard InChI is InChI=1S/C16H25NS/c1-3-4-11-17-12-9-14(10-13-17)15-7-5-6-8-16(15)18-2/h5-8,14H,3-4,9-13H2,1-2H3. The van der Waals surface area contributed by atoms with Gasteiger partial charge in [-0.1, -0.05) is 31.5 Å². The molecule has 0 bridgehead atoms. The predicted molar refractivity (Wildman–Crippen MR) is 81.5 cm³/mol. The number of unbranched alkanes of at least 4 members (excludes halogenated alkanes) is 1. The molecule has 1 saturated heterocycles. The molecule has 0 radical (unpaired) electrons. The molecule has 1 aromatic carbocycles. The van der Waals surface area contributed by atoms with Crippen molar-refractivity contribution in [3.63, 3.8) is 0 Å². The predicted octanol–water partition coefficient (Wildman–Crippen LogP) is 4.39. The number of hydrogen-bond acceptors (Lipinski definition) is 2. The first-order valence-corrected chi connectivity index (χ1v) is 8.43. The van der Waals surface area contributed by atoms with Crippen molar-refractivity contribution in [2.24, 2.45) is 0 Å². The van der Waals surface area contributed by atoms with Crippen LogP contribution in [0.2, 0.25) is 0 Å². The van der Waals surface area contributed by atoms with Gasteiger partial charge in [-0.2, -0.15) is 0 Å². The number of piperidine rings is 1. The average Bonchev–Trinajstić information content (AvgIpc) is 2.45. The van der Waals surface area contributed by atoms with Gasteiger partial charge in [-0.15, -0.1) is 11.8 Å². The monoisotopic (exact) mass is 263 g/mol. The highest BCUT2D eigenvalue weighted by Crippen LogP contribution is 2.33. The van der Waals surface area contributed by atoms with Crippen molar-refractivity contribution in [1.82, 2.24) is 4.90 Å². The molecule has 0 spiro atoms. The molecule has 1 heterocycles. The molecule has 0 saturated carbocycles. The fraction of sp³-hybridized carbons (Fsp3) is 0.625. The van der Waals surface area contributed by atoms with Crippen LogP contribution in [0.5, 0.6) is 0 Å². The Balaban J connectivity index is 1.92. The van der Waals surface area contributed by atoms with E-state index >= 15 is 0 Å². The van der Waals surface area contributed by atoms with Gasteiger partial charge >= 0.3 is 0 Å². The van der Waals surface area contributed by atoms with Crippen LogP contribution in [-0.2, 0) is 0 Å². The molecule has 2 heteroatoms. The van der Waals surface area contributed by atoms with Gasteiger partial charge in [0, 0.05) is 4.90 Å². The van der Waals surface area contributed by atoms with Gasteiger partial charge in [0.2, 0.25) is 0 Å². The van der Waals surface area contributed by atoms with Crippen LogP contribution in [0.4, 0.5) is 0 Å². The molecule has 0 aromatic heterocycles.